The van der Waals surface area contributed by atoms with Crippen molar-refractivity contribution in [1.29, 1.82) is 0 Å². The molecule has 0 saturated heterocycles. The fourth-order valence-electron chi connectivity index (χ4n) is 3.67. The van der Waals surface area contributed by atoms with E-state index < -0.39 is 0 Å². The van der Waals surface area contributed by atoms with Crippen LogP contribution in [0.2, 0.25) is 0 Å². The van der Waals surface area contributed by atoms with Crippen LogP contribution in [-0.2, 0) is 42.6 Å². The number of pyridine rings is 2. The minimum absolute atomic E-state index is 0. The summed E-state index contributed by atoms with van der Waals surface area (Å²) in [6.07, 6.45) is 6.55. The van der Waals surface area contributed by atoms with Crippen LogP contribution in [0, 0.1) is 13.8 Å². The molecule has 22 nitrogen and oxygen atoms in total. The fraction of sp³-hybridized carbons (Fsp3) is 0.744. The number of azide groups is 2. The summed E-state index contributed by atoms with van der Waals surface area (Å²) in [6, 6.07) is 7.03. The molecule has 1 N–H and O–H groups in total. The minimum Gasteiger partial charge on any atom is -0.506 e. The van der Waals surface area contributed by atoms with E-state index in [2.05, 4.69) is 50.8 Å². The molecule has 0 bridgehead atoms. The fourth-order valence-corrected chi connectivity index (χ4v) is 3.67. The minimum atomic E-state index is 0. The smallest absolute Gasteiger partial charge is 0.506 e. The van der Waals surface area contributed by atoms with Gasteiger partial charge in [0.15, 0.2) is 0 Å². The maximum absolute atomic E-state index is 8.86. The van der Waals surface area contributed by atoms with Gasteiger partial charge in [-0.05, 0) is 68.4 Å². The second-order valence-corrected chi connectivity index (χ2v) is 11.6. The number of rotatable bonds is 34. The predicted molar refractivity (Wildman–Crippen MR) is 231 cm³/mol. The normalized spacial score (nSPS) is 9.56. The molecular formula is C39H70N11NaO11. The Balaban J connectivity index is -0.000000370. The Kier molecular flexibility index (Phi) is 62.5. The molecule has 0 fully saturated rings. The number of hydrogen-bond donors (Lipinski definition) is 1. The molecule has 23 heteroatoms. The Morgan fingerprint density at radius 2 is 0.790 bits per heavy atom. The van der Waals surface area contributed by atoms with Gasteiger partial charge in [-0.2, -0.15) is 0 Å². The summed E-state index contributed by atoms with van der Waals surface area (Å²) in [5.41, 5.74) is 31.1. The second kappa shape index (κ2) is 59.6. The van der Waals surface area contributed by atoms with Crippen LogP contribution in [0.25, 0.3) is 36.9 Å². The zero-order chi connectivity index (χ0) is 45.5. The summed E-state index contributed by atoms with van der Waals surface area (Å²) in [5.74, 6) is 1.03. The van der Waals surface area contributed by atoms with Crippen LogP contribution >= 0.6 is 0 Å². The van der Waals surface area contributed by atoms with E-state index in [9.17, 15) is 0 Å². The molecule has 0 radical (unpaired) electrons. The van der Waals surface area contributed by atoms with Gasteiger partial charge < -0.3 is 63.5 Å². The van der Waals surface area contributed by atoms with Gasteiger partial charge in [-0.3, -0.25) is 14.9 Å². The summed E-state index contributed by atoms with van der Waals surface area (Å²) in [5, 5.41) is 15.5. The molecule has 2 rings (SSSR count). The molecule has 0 aromatic carbocycles. The van der Waals surface area contributed by atoms with Gasteiger partial charge in [-0.25, -0.2) is 0 Å². The Bertz CT molecular complexity index is 1310. The van der Waals surface area contributed by atoms with E-state index in [-0.39, 0.29) is 35.3 Å². The molecule has 0 atom stereocenters. The third-order valence-corrected chi connectivity index (χ3v) is 6.50. The average Bonchev–Trinajstić information content (AvgIpc) is 3.26. The van der Waals surface area contributed by atoms with Crippen molar-refractivity contribution in [2.45, 2.75) is 53.9 Å². The number of hydrogen-bond acceptors (Lipinski definition) is 15. The average molecular weight is 892 g/mol. The summed E-state index contributed by atoms with van der Waals surface area (Å²) in [4.78, 5) is 14.7. The van der Waals surface area contributed by atoms with Gasteiger partial charge >= 0.3 is 29.6 Å². The largest absolute Gasteiger partial charge is 1.00 e. The van der Waals surface area contributed by atoms with Crippen LogP contribution in [0.4, 0.5) is 0 Å². The first-order valence-electron chi connectivity index (χ1n) is 20.2. The summed E-state index contributed by atoms with van der Waals surface area (Å²) in [7, 11) is 0. The molecule has 62 heavy (non-hydrogen) atoms. The van der Waals surface area contributed by atoms with Crippen molar-refractivity contribution in [1.82, 2.24) is 9.97 Å². The van der Waals surface area contributed by atoms with Crippen LogP contribution in [0.1, 0.15) is 51.4 Å². The Morgan fingerprint density at radius 1 is 0.484 bits per heavy atom. The maximum atomic E-state index is 8.86. The van der Waals surface area contributed by atoms with E-state index in [1.54, 1.807) is 31.5 Å². The first-order valence-corrected chi connectivity index (χ1v) is 20.2. The maximum Gasteiger partial charge on any atom is 1.00 e. The van der Waals surface area contributed by atoms with Crippen LogP contribution in [0.3, 0.4) is 0 Å². The number of aryl methyl sites for hydroxylation is 2. The van der Waals surface area contributed by atoms with Crippen LogP contribution in [0.15, 0.2) is 46.9 Å². The van der Waals surface area contributed by atoms with E-state index in [4.69, 9.17) is 74.6 Å². The molecule has 348 valence electrons. The molecule has 0 unspecified atom stereocenters. The molecular weight excluding hydrogens is 821 g/mol. The molecule has 2 aromatic rings. The molecule has 2 heterocycles. The van der Waals surface area contributed by atoms with Gasteiger partial charge in [0.05, 0.1) is 110 Å². The third kappa shape index (κ3) is 56.5. The molecule has 0 aliphatic heterocycles. The molecule has 0 aliphatic rings. The first-order chi connectivity index (χ1) is 29.9. The van der Waals surface area contributed by atoms with Crippen LogP contribution < -0.4 is 34.3 Å². The van der Waals surface area contributed by atoms with E-state index in [1.165, 1.54) is 4.91 Å². The summed E-state index contributed by atoms with van der Waals surface area (Å²) in [6.45, 7) is 21.9. The van der Waals surface area contributed by atoms with Crippen molar-refractivity contribution in [2.75, 3.05) is 139 Å². The monoisotopic (exact) mass is 892 g/mol. The third-order valence-electron chi connectivity index (χ3n) is 6.50. The van der Waals surface area contributed by atoms with Gasteiger partial charge in [0.25, 0.3) is 0 Å². The molecule has 0 spiro atoms. The number of ether oxygens (including phenoxy) is 10. The second-order valence-electron chi connectivity index (χ2n) is 11.6. The van der Waals surface area contributed by atoms with E-state index in [1.807, 2.05) is 19.1 Å². The van der Waals surface area contributed by atoms with Gasteiger partial charge in [0, 0.05) is 55.1 Å². The van der Waals surface area contributed by atoms with E-state index >= 15 is 0 Å². The van der Waals surface area contributed by atoms with Crippen molar-refractivity contribution in [3.05, 3.63) is 84.9 Å². The Labute approximate surface area is 389 Å². The van der Waals surface area contributed by atoms with E-state index in [0.29, 0.717) is 124 Å². The molecule has 0 saturated carbocycles. The van der Waals surface area contributed by atoms with Gasteiger partial charge in [-0.15, -0.1) is 0 Å². The quantitative estimate of drug-likeness (QED) is 0.0328. The van der Waals surface area contributed by atoms with Crippen LogP contribution in [-0.4, -0.2) is 154 Å². The number of nitrogens with zero attached hydrogens (tertiary/aromatic N) is 11. The van der Waals surface area contributed by atoms with Gasteiger partial charge in [-0.1, -0.05) is 31.0 Å². The van der Waals surface area contributed by atoms with Crippen molar-refractivity contribution in [3.8, 4) is 11.5 Å². The van der Waals surface area contributed by atoms with Crippen LogP contribution in [0.5, 0.6) is 11.5 Å². The number of aromatic hydroxyl groups is 1. The summed E-state index contributed by atoms with van der Waals surface area (Å²) < 4.78 is 52.8. The Morgan fingerprint density at radius 3 is 1.08 bits per heavy atom. The zero-order valence-corrected chi connectivity index (χ0v) is 39.9. The SMILES string of the molecule is CCCOCCOCCOCCC.CCCOCCOCCOCCN=[N+]=[N-].Cc1ncccc1O.Cc1ncccc1OCCOCCOCCOCCN=[N+]=[N-].[N-]=[N+]=[N-].[Na+]. The molecule has 2 aromatic heterocycles. The number of aromatic nitrogens is 2. The topological polar surface area (TPSA) is 295 Å². The Hall–Kier alpha value is -3.53. The molecule has 0 amide bonds. The van der Waals surface area contributed by atoms with Gasteiger partial charge in [0.1, 0.15) is 18.1 Å². The van der Waals surface area contributed by atoms with Gasteiger partial charge in [0.2, 0.25) is 0 Å². The van der Waals surface area contributed by atoms with Crippen molar-refractivity contribution < 1.29 is 82.0 Å². The first kappa shape index (κ1) is 65.1. The predicted octanol–water partition coefficient (Wildman–Crippen LogP) is 4.71. The summed E-state index contributed by atoms with van der Waals surface area (Å²) >= 11 is 0. The standard InChI is InChI=1S/C14H22N4O4.C10H22O3.C9H19N3O3.C6H7NO.N3.Na/c1-13-14(3-2-4-16-13)22-12-11-21-10-9-20-8-7-19-6-5-17-18-15;1-3-5-11-7-9-13-10-8-12-6-4-2;1-2-4-13-6-8-15-9-7-14-5-3-11-12-10;1-5-6(8)3-2-4-7-5;1-3-2;/h2-4H,5-12H2,1H3;3-10H2,1-2H3;2-9H2,1H3;2-4,8H,1H3;;/q;;;;-1;+1. The zero-order valence-electron chi connectivity index (χ0n) is 37.9. The van der Waals surface area contributed by atoms with Crippen molar-refractivity contribution >= 4 is 0 Å². The molecule has 0 aliphatic carbocycles. The van der Waals surface area contributed by atoms with Crippen molar-refractivity contribution in [2.24, 2.45) is 10.2 Å². The van der Waals surface area contributed by atoms with Crippen molar-refractivity contribution in [3.63, 3.8) is 0 Å². The van der Waals surface area contributed by atoms with E-state index in [0.717, 1.165) is 50.5 Å².